The molecule has 4 rings (SSSR count). The van der Waals surface area contributed by atoms with Gasteiger partial charge in [0.25, 0.3) is 5.91 Å². The molecule has 3 fully saturated rings. The zero-order valence-electron chi connectivity index (χ0n) is 15.4. The van der Waals surface area contributed by atoms with Gasteiger partial charge in [0.15, 0.2) is 0 Å². The molecule has 0 aromatic heterocycles. The van der Waals surface area contributed by atoms with Crippen LogP contribution in [-0.4, -0.2) is 36.7 Å². The number of carbonyl (C=O) groups is 1. The van der Waals surface area contributed by atoms with E-state index in [9.17, 15) is 13.2 Å². The minimum atomic E-state index is -3.55. The predicted molar refractivity (Wildman–Crippen MR) is 105 cm³/mol. The SMILES string of the molecule is CSc1ccc(/C=C/C(=O)N2[C@@H]3C[C@H]4CC[C@]3(CS2(=O)=O)C4(C)C)cc1. The van der Waals surface area contributed by atoms with Crippen molar-refractivity contribution in [2.24, 2.45) is 16.7 Å². The summed E-state index contributed by atoms with van der Waals surface area (Å²) < 4.78 is 26.9. The summed E-state index contributed by atoms with van der Waals surface area (Å²) in [5.74, 6) is 0.237. The van der Waals surface area contributed by atoms with E-state index in [0.717, 1.165) is 29.7 Å². The standard InChI is InChI=1S/C20H25NO3S2/c1-19(2)15-10-11-20(19)13-26(23,24)21(17(20)12-15)18(22)9-6-14-4-7-16(25-3)8-5-14/h4-9,15,17H,10-13H2,1-3H3/b9-6+/t15-,17-,20-/m1/s1. The van der Waals surface area contributed by atoms with Gasteiger partial charge in [-0.3, -0.25) is 4.79 Å². The van der Waals surface area contributed by atoms with Crippen LogP contribution >= 0.6 is 11.8 Å². The number of hydrogen-bond donors (Lipinski definition) is 0. The average Bonchev–Trinajstić information content (AvgIpc) is 3.07. The van der Waals surface area contributed by atoms with Crippen molar-refractivity contribution in [2.75, 3.05) is 12.0 Å². The third kappa shape index (κ3) is 2.41. The van der Waals surface area contributed by atoms with Crippen molar-refractivity contribution >= 4 is 33.8 Å². The van der Waals surface area contributed by atoms with Crippen LogP contribution in [0, 0.1) is 16.7 Å². The van der Waals surface area contributed by atoms with Crippen molar-refractivity contribution in [1.82, 2.24) is 4.31 Å². The van der Waals surface area contributed by atoms with Crippen LogP contribution in [0.2, 0.25) is 0 Å². The molecule has 3 atom stereocenters. The van der Waals surface area contributed by atoms with Crippen LogP contribution in [0.1, 0.15) is 38.7 Å². The third-order valence-corrected chi connectivity index (χ3v) is 9.82. The van der Waals surface area contributed by atoms with Crippen molar-refractivity contribution in [3.8, 4) is 0 Å². The van der Waals surface area contributed by atoms with E-state index in [0.29, 0.717) is 5.92 Å². The van der Waals surface area contributed by atoms with Gasteiger partial charge >= 0.3 is 0 Å². The van der Waals surface area contributed by atoms with E-state index in [-0.39, 0.29) is 22.6 Å². The van der Waals surface area contributed by atoms with Gasteiger partial charge in [0.1, 0.15) is 0 Å². The lowest BCUT2D eigenvalue weighted by atomic mass is 9.69. The van der Waals surface area contributed by atoms with Crippen LogP contribution in [0.15, 0.2) is 35.2 Å². The summed E-state index contributed by atoms with van der Waals surface area (Å²) in [6, 6.07) is 7.70. The molecule has 26 heavy (non-hydrogen) atoms. The van der Waals surface area contributed by atoms with E-state index in [1.165, 1.54) is 10.4 Å². The van der Waals surface area contributed by atoms with Crippen LogP contribution in [-0.2, 0) is 14.8 Å². The minimum absolute atomic E-state index is 0.0167. The fraction of sp³-hybridized carbons (Fsp3) is 0.550. The first kappa shape index (κ1) is 18.1. The lowest BCUT2D eigenvalue weighted by Gasteiger charge is -2.36. The summed E-state index contributed by atoms with van der Waals surface area (Å²) in [7, 11) is -3.55. The van der Waals surface area contributed by atoms with Gasteiger partial charge in [0.2, 0.25) is 10.0 Å². The molecule has 140 valence electrons. The van der Waals surface area contributed by atoms with Gasteiger partial charge in [-0.2, -0.15) is 0 Å². The van der Waals surface area contributed by atoms with Crippen LogP contribution in [0.25, 0.3) is 6.08 Å². The summed E-state index contributed by atoms with van der Waals surface area (Å²) in [5, 5.41) is 0. The smallest absolute Gasteiger partial charge is 0.260 e. The van der Waals surface area contributed by atoms with Crippen molar-refractivity contribution in [2.45, 2.75) is 44.0 Å². The second-order valence-corrected chi connectivity index (χ2v) is 11.1. The van der Waals surface area contributed by atoms with E-state index in [2.05, 4.69) is 13.8 Å². The Bertz CT molecular complexity index is 873. The molecular formula is C20H25NO3S2. The molecule has 2 saturated carbocycles. The average molecular weight is 392 g/mol. The van der Waals surface area contributed by atoms with E-state index >= 15 is 0 Å². The first-order valence-corrected chi connectivity index (χ1v) is 11.9. The van der Waals surface area contributed by atoms with Crippen LogP contribution in [0.4, 0.5) is 0 Å². The number of thioether (sulfide) groups is 1. The van der Waals surface area contributed by atoms with E-state index in [1.54, 1.807) is 17.8 Å². The summed E-state index contributed by atoms with van der Waals surface area (Å²) in [6.45, 7) is 4.38. The molecular weight excluding hydrogens is 366 g/mol. The molecule has 1 aromatic carbocycles. The Hall–Kier alpha value is -1.27. The van der Waals surface area contributed by atoms with Gasteiger partial charge in [-0.05, 0) is 60.6 Å². The monoisotopic (exact) mass is 391 g/mol. The van der Waals surface area contributed by atoms with Crippen molar-refractivity contribution in [1.29, 1.82) is 0 Å². The number of sulfonamides is 1. The summed E-state index contributed by atoms with van der Waals surface area (Å²) in [4.78, 5) is 14.0. The first-order valence-electron chi connectivity index (χ1n) is 9.09. The zero-order valence-corrected chi connectivity index (χ0v) is 17.1. The first-order chi connectivity index (χ1) is 12.2. The lowest BCUT2D eigenvalue weighted by Crippen LogP contribution is -2.43. The maximum Gasteiger partial charge on any atom is 0.260 e. The van der Waals surface area contributed by atoms with Gasteiger partial charge in [-0.25, -0.2) is 12.7 Å². The molecule has 1 spiro atoms. The molecule has 1 aromatic rings. The highest BCUT2D eigenvalue weighted by Gasteiger charge is 2.72. The summed E-state index contributed by atoms with van der Waals surface area (Å²) in [6.07, 6.45) is 7.96. The Morgan fingerprint density at radius 2 is 1.96 bits per heavy atom. The van der Waals surface area contributed by atoms with Gasteiger partial charge in [-0.15, -0.1) is 11.8 Å². The Morgan fingerprint density at radius 3 is 2.58 bits per heavy atom. The fourth-order valence-corrected chi connectivity index (χ4v) is 8.45. The Balaban J connectivity index is 1.61. The molecule has 0 N–H and O–H groups in total. The molecule has 3 aliphatic rings. The van der Waals surface area contributed by atoms with Crippen molar-refractivity contribution in [3.05, 3.63) is 35.9 Å². The number of hydrogen-bond acceptors (Lipinski definition) is 4. The second kappa shape index (κ2) is 5.86. The normalized spacial score (nSPS) is 33.7. The van der Waals surface area contributed by atoms with Crippen LogP contribution < -0.4 is 0 Å². The molecule has 1 aliphatic heterocycles. The van der Waals surface area contributed by atoms with Crippen LogP contribution in [0.5, 0.6) is 0 Å². The molecule has 1 saturated heterocycles. The van der Waals surface area contributed by atoms with Gasteiger partial charge in [0, 0.05) is 16.4 Å². The number of nitrogens with zero attached hydrogens (tertiary/aromatic N) is 1. The molecule has 0 unspecified atom stereocenters. The molecule has 1 amide bonds. The van der Waals surface area contributed by atoms with Gasteiger partial charge in [-0.1, -0.05) is 26.0 Å². The molecule has 2 bridgehead atoms. The maximum atomic E-state index is 12.9. The number of carbonyl (C=O) groups excluding carboxylic acids is 1. The summed E-state index contributed by atoms with van der Waals surface area (Å²) >= 11 is 1.66. The topological polar surface area (TPSA) is 54.5 Å². The minimum Gasteiger partial charge on any atom is -0.269 e. The third-order valence-electron chi connectivity index (χ3n) is 7.16. The van der Waals surface area contributed by atoms with Gasteiger partial charge < -0.3 is 0 Å². The second-order valence-electron chi connectivity index (χ2n) is 8.36. The van der Waals surface area contributed by atoms with E-state index < -0.39 is 15.9 Å². The van der Waals surface area contributed by atoms with Crippen molar-refractivity contribution < 1.29 is 13.2 Å². The molecule has 0 radical (unpaired) electrons. The Labute approximate surface area is 160 Å². The number of amides is 1. The maximum absolute atomic E-state index is 12.9. The van der Waals surface area contributed by atoms with Crippen molar-refractivity contribution in [3.63, 3.8) is 0 Å². The summed E-state index contributed by atoms with van der Waals surface area (Å²) in [5.41, 5.74) is 0.618. The zero-order chi connectivity index (χ0) is 18.7. The fourth-order valence-electron chi connectivity index (χ4n) is 5.54. The highest BCUT2D eigenvalue weighted by Crippen LogP contribution is 2.69. The predicted octanol–water partition coefficient (Wildman–Crippen LogP) is 3.79. The van der Waals surface area contributed by atoms with Crippen LogP contribution in [0.3, 0.4) is 0 Å². The highest BCUT2D eigenvalue weighted by molar-refractivity contribution is 7.98. The number of benzene rings is 1. The van der Waals surface area contributed by atoms with E-state index in [1.807, 2.05) is 30.5 Å². The lowest BCUT2D eigenvalue weighted by molar-refractivity contribution is -0.123. The molecule has 1 heterocycles. The highest BCUT2D eigenvalue weighted by atomic mass is 32.2. The van der Waals surface area contributed by atoms with E-state index in [4.69, 9.17) is 0 Å². The molecule has 6 heteroatoms. The number of fused-ring (bicyclic) bond motifs is 1. The number of rotatable bonds is 3. The Morgan fingerprint density at radius 1 is 1.27 bits per heavy atom. The quantitative estimate of drug-likeness (QED) is 0.581. The largest absolute Gasteiger partial charge is 0.269 e. The molecule has 2 aliphatic carbocycles. The Kier molecular flexibility index (Phi) is 4.08. The molecule has 4 nitrogen and oxygen atoms in total. The van der Waals surface area contributed by atoms with Gasteiger partial charge in [0.05, 0.1) is 11.8 Å².